The number of nitrogens with one attached hydrogen (secondary N) is 1. The van der Waals surface area contributed by atoms with E-state index in [1.807, 2.05) is 18.2 Å². The lowest BCUT2D eigenvalue weighted by Crippen LogP contribution is -2.17. The minimum absolute atomic E-state index is 0.287. The van der Waals surface area contributed by atoms with Gasteiger partial charge in [-0.2, -0.15) is 0 Å². The lowest BCUT2D eigenvalue weighted by Gasteiger charge is -2.15. The van der Waals surface area contributed by atoms with Gasteiger partial charge < -0.3 is 10.1 Å². The summed E-state index contributed by atoms with van der Waals surface area (Å²) in [6.07, 6.45) is 0. The number of benzene rings is 2. The molecule has 2 aromatic rings. The van der Waals surface area contributed by atoms with Crippen LogP contribution in [0.25, 0.3) is 0 Å². The van der Waals surface area contributed by atoms with Crippen LogP contribution in [0.4, 0.5) is 0 Å². The van der Waals surface area contributed by atoms with Crippen molar-refractivity contribution < 1.29 is 4.74 Å². The Morgan fingerprint density at radius 3 is 2.57 bits per heavy atom. The molecule has 0 aliphatic rings. The minimum Gasteiger partial charge on any atom is -0.455 e. The van der Waals surface area contributed by atoms with Gasteiger partial charge in [0.2, 0.25) is 0 Å². The normalized spacial score (nSPS) is 12.2. The molecule has 2 aromatic carbocycles. The Hall–Kier alpha value is -0.740. The fourth-order valence-electron chi connectivity index (χ4n) is 1.97. The molecular formula is C16H16BrCl2NO. The van der Waals surface area contributed by atoms with Gasteiger partial charge in [0.1, 0.15) is 11.5 Å². The minimum atomic E-state index is 0.287. The van der Waals surface area contributed by atoms with Crippen LogP contribution in [-0.2, 0) is 0 Å². The number of hydrogen-bond acceptors (Lipinski definition) is 2. The second kappa shape index (κ2) is 7.50. The highest BCUT2D eigenvalue weighted by molar-refractivity contribution is 9.10. The Morgan fingerprint density at radius 2 is 1.90 bits per heavy atom. The molecule has 0 saturated carbocycles. The molecule has 0 fully saturated rings. The first-order chi connectivity index (χ1) is 10.0. The molecule has 1 atom stereocenters. The van der Waals surface area contributed by atoms with Gasteiger partial charge >= 0.3 is 0 Å². The molecule has 0 saturated heterocycles. The summed E-state index contributed by atoms with van der Waals surface area (Å²) in [6.45, 7) is 5.14. The third-order valence-electron chi connectivity index (χ3n) is 3.08. The summed E-state index contributed by atoms with van der Waals surface area (Å²) in [6, 6.07) is 11.4. The van der Waals surface area contributed by atoms with Gasteiger partial charge in [-0.1, -0.05) is 36.2 Å². The monoisotopic (exact) mass is 387 g/mol. The molecule has 21 heavy (non-hydrogen) atoms. The van der Waals surface area contributed by atoms with Crippen molar-refractivity contribution in [2.45, 2.75) is 19.9 Å². The van der Waals surface area contributed by atoms with Crippen molar-refractivity contribution in [2.24, 2.45) is 0 Å². The Balaban J connectivity index is 2.23. The summed E-state index contributed by atoms with van der Waals surface area (Å²) in [5.41, 5.74) is 1.19. The van der Waals surface area contributed by atoms with E-state index in [0.29, 0.717) is 21.5 Å². The van der Waals surface area contributed by atoms with Crippen LogP contribution in [0.5, 0.6) is 11.5 Å². The molecule has 1 unspecified atom stereocenters. The van der Waals surface area contributed by atoms with Gasteiger partial charge in [0, 0.05) is 17.1 Å². The van der Waals surface area contributed by atoms with Crippen LogP contribution in [0.2, 0.25) is 10.0 Å². The second-order valence-electron chi connectivity index (χ2n) is 4.65. The van der Waals surface area contributed by atoms with Crippen LogP contribution in [0.3, 0.4) is 0 Å². The van der Waals surface area contributed by atoms with Crippen LogP contribution < -0.4 is 10.1 Å². The summed E-state index contributed by atoms with van der Waals surface area (Å²) < 4.78 is 6.71. The standard InChI is InChI=1S/C16H16BrCl2NO/c1-3-20-10(2)11-4-7-15(13(17)8-11)21-16-9-12(18)5-6-14(16)19/h4-10,20H,3H2,1-2H3. The zero-order valence-electron chi connectivity index (χ0n) is 11.8. The largest absolute Gasteiger partial charge is 0.455 e. The van der Waals surface area contributed by atoms with Gasteiger partial charge in [-0.15, -0.1) is 0 Å². The van der Waals surface area contributed by atoms with Crippen LogP contribution >= 0.6 is 39.1 Å². The van der Waals surface area contributed by atoms with Gasteiger partial charge in [0.05, 0.1) is 9.50 Å². The topological polar surface area (TPSA) is 21.3 Å². The Labute approximate surface area is 143 Å². The maximum atomic E-state index is 6.11. The number of hydrogen-bond donors (Lipinski definition) is 1. The van der Waals surface area contributed by atoms with Crippen LogP contribution in [-0.4, -0.2) is 6.54 Å². The van der Waals surface area contributed by atoms with Gasteiger partial charge in [-0.3, -0.25) is 0 Å². The Morgan fingerprint density at radius 1 is 1.14 bits per heavy atom. The molecule has 5 heteroatoms. The molecule has 0 radical (unpaired) electrons. The molecule has 2 rings (SSSR count). The number of ether oxygens (including phenoxy) is 1. The average Bonchev–Trinajstić information content (AvgIpc) is 2.45. The van der Waals surface area contributed by atoms with Crippen LogP contribution in [0.1, 0.15) is 25.5 Å². The van der Waals surface area contributed by atoms with E-state index in [9.17, 15) is 0 Å². The zero-order chi connectivity index (χ0) is 15.4. The predicted octanol–water partition coefficient (Wildman–Crippen LogP) is 6.22. The first-order valence-electron chi connectivity index (χ1n) is 6.67. The predicted molar refractivity (Wildman–Crippen MR) is 92.8 cm³/mol. The van der Waals surface area contributed by atoms with Crippen molar-refractivity contribution in [3.63, 3.8) is 0 Å². The maximum absolute atomic E-state index is 6.11. The van der Waals surface area contributed by atoms with E-state index in [-0.39, 0.29) is 6.04 Å². The SMILES string of the molecule is CCNC(C)c1ccc(Oc2cc(Cl)ccc2Cl)c(Br)c1. The highest BCUT2D eigenvalue weighted by Crippen LogP contribution is 2.36. The Bertz CT molecular complexity index is 634. The van der Waals surface area contributed by atoms with E-state index in [1.54, 1.807) is 18.2 Å². The summed E-state index contributed by atoms with van der Waals surface area (Å²) in [5.74, 6) is 1.24. The molecule has 0 spiro atoms. The highest BCUT2D eigenvalue weighted by atomic mass is 79.9. The van der Waals surface area contributed by atoms with Crippen LogP contribution in [0.15, 0.2) is 40.9 Å². The van der Waals surface area contributed by atoms with Crippen molar-refractivity contribution in [3.8, 4) is 11.5 Å². The summed E-state index contributed by atoms with van der Waals surface area (Å²) >= 11 is 15.6. The average molecular weight is 389 g/mol. The molecule has 2 nitrogen and oxygen atoms in total. The van der Waals surface area contributed by atoms with E-state index in [1.165, 1.54) is 5.56 Å². The quantitative estimate of drug-likeness (QED) is 0.656. The number of halogens is 3. The van der Waals surface area contributed by atoms with Gasteiger partial charge in [0.15, 0.2) is 0 Å². The Kier molecular flexibility index (Phi) is 5.94. The molecule has 0 aliphatic carbocycles. The van der Waals surface area contributed by atoms with Crippen molar-refractivity contribution in [1.29, 1.82) is 0 Å². The van der Waals surface area contributed by atoms with E-state index in [4.69, 9.17) is 27.9 Å². The number of rotatable bonds is 5. The van der Waals surface area contributed by atoms with Crippen molar-refractivity contribution in [3.05, 3.63) is 56.5 Å². The third-order valence-corrected chi connectivity index (χ3v) is 4.25. The first-order valence-corrected chi connectivity index (χ1v) is 8.22. The molecule has 0 amide bonds. The van der Waals surface area contributed by atoms with Gasteiger partial charge in [-0.05, 0) is 59.2 Å². The lowest BCUT2D eigenvalue weighted by atomic mass is 10.1. The van der Waals surface area contributed by atoms with Gasteiger partial charge in [-0.25, -0.2) is 0 Å². The second-order valence-corrected chi connectivity index (χ2v) is 6.34. The molecular weight excluding hydrogens is 373 g/mol. The van der Waals surface area contributed by atoms with Crippen molar-refractivity contribution in [1.82, 2.24) is 5.32 Å². The van der Waals surface area contributed by atoms with Crippen LogP contribution in [0, 0.1) is 0 Å². The van der Waals surface area contributed by atoms with Crippen molar-refractivity contribution >= 4 is 39.1 Å². The summed E-state index contributed by atoms with van der Waals surface area (Å²) in [5, 5.41) is 4.48. The molecule has 112 valence electrons. The fourth-order valence-corrected chi connectivity index (χ4v) is 2.76. The third kappa shape index (κ3) is 4.36. The lowest BCUT2D eigenvalue weighted by molar-refractivity contribution is 0.479. The van der Waals surface area contributed by atoms with E-state index in [2.05, 4.69) is 35.1 Å². The molecule has 0 aromatic heterocycles. The molecule has 0 bridgehead atoms. The van der Waals surface area contributed by atoms with E-state index in [0.717, 1.165) is 11.0 Å². The molecule has 0 heterocycles. The first kappa shape index (κ1) is 16.6. The van der Waals surface area contributed by atoms with E-state index >= 15 is 0 Å². The maximum Gasteiger partial charge on any atom is 0.147 e. The molecule has 1 N–H and O–H groups in total. The summed E-state index contributed by atoms with van der Waals surface area (Å²) in [4.78, 5) is 0. The fraction of sp³-hybridized carbons (Fsp3) is 0.250. The van der Waals surface area contributed by atoms with E-state index < -0.39 is 0 Å². The molecule has 0 aliphatic heterocycles. The zero-order valence-corrected chi connectivity index (χ0v) is 14.9. The van der Waals surface area contributed by atoms with Crippen molar-refractivity contribution in [2.75, 3.05) is 6.54 Å². The smallest absolute Gasteiger partial charge is 0.147 e. The van der Waals surface area contributed by atoms with Gasteiger partial charge in [0.25, 0.3) is 0 Å². The summed E-state index contributed by atoms with van der Waals surface area (Å²) in [7, 11) is 0. The highest BCUT2D eigenvalue weighted by Gasteiger charge is 2.10.